The van der Waals surface area contributed by atoms with E-state index in [4.69, 9.17) is 0 Å². The molecule has 1 spiro atoms. The second-order valence-electron chi connectivity index (χ2n) is 20.5. The van der Waals surface area contributed by atoms with Crippen LogP contribution in [-0.4, -0.2) is 0 Å². The fourth-order valence-corrected chi connectivity index (χ4v) is 14.9. The molecule has 0 saturated heterocycles. The van der Waals surface area contributed by atoms with E-state index in [2.05, 4.69) is 217 Å². The van der Waals surface area contributed by atoms with Gasteiger partial charge in [-0.2, -0.15) is 0 Å². The second kappa shape index (κ2) is 14.0. The van der Waals surface area contributed by atoms with Crippen molar-refractivity contribution in [2.24, 2.45) is 23.7 Å². The molecule has 11 aromatic carbocycles. The van der Waals surface area contributed by atoms with Crippen LogP contribution >= 0.6 is 0 Å². The fourth-order valence-electron chi connectivity index (χ4n) is 14.9. The van der Waals surface area contributed by atoms with Crippen molar-refractivity contribution < 1.29 is 0 Å². The average Bonchev–Trinajstić information content (AvgIpc) is 3.67. The summed E-state index contributed by atoms with van der Waals surface area (Å²) in [6, 6.07) is 76.2. The molecule has 0 amide bonds. The Balaban J connectivity index is 0.958. The van der Waals surface area contributed by atoms with E-state index >= 15 is 0 Å². The van der Waals surface area contributed by atoms with Gasteiger partial charge in [0.05, 0.1) is 17.1 Å². The van der Waals surface area contributed by atoms with Gasteiger partial charge in [-0.25, -0.2) is 0 Å². The molecule has 4 saturated carbocycles. The highest BCUT2D eigenvalue weighted by atomic mass is 15.2. The second-order valence-corrected chi connectivity index (χ2v) is 20.5. The normalized spacial score (nSPS) is 21.3. The minimum absolute atomic E-state index is 0.0958. The van der Waals surface area contributed by atoms with E-state index in [1.807, 2.05) is 0 Å². The third kappa shape index (κ3) is 5.22. The topological polar surface area (TPSA) is 6.48 Å². The van der Waals surface area contributed by atoms with E-state index in [1.54, 1.807) is 11.1 Å². The van der Waals surface area contributed by atoms with Gasteiger partial charge in [-0.05, 0) is 177 Å². The number of aryl methyl sites for hydroxylation is 1. The molecule has 0 radical (unpaired) electrons. The van der Waals surface area contributed by atoms with Crippen LogP contribution in [0.2, 0.25) is 0 Å². The van der Waals surface area contributed by atoms with Gasteiger partial charge in [0.15, 0.2) is 0 Å². The molecule has 5 aliphatic carbocycles. The summed E-state index contributed by atoms with van der Waals surface area (Å²) in [6.07, 6.45) is 6.97. The zero-order chi connectivity index (χ0) is 44.0. The molecule has 4 fully saturated rings. The Morgan fingerprint density at radius 1 is 0.373 bits per heavy atom. The molecule has 16 rings (SSSR count). The first-order valence-electron chi connectivity index (χ1n) is 24.7. The summed E-state index contributed by atoms with van der Waals surface area (Å²) in [4.78, 5) is 5.10. The van der Waals surface area contributed by atoms with Gasteiger partial charge in [0.2, 0.25) is 0 Å². The van der Waals surface area contributed by atoms with Gasteiger partial charge in [-0.1, -0.05) is 152 Å². The first-order chi connectivity index (χ1) is 33.1. The largest absolute Gasteiger partial charge is 0.310 e. The Kier molecular flexibility index (Phi) is 7.92. The Labute approximate surface area is 392 Å². The van der Waals surface area contributed by atoms with Crippen molar-refractivity contribution in [3.8, 4) is 11.1 Å². The van der Waals surface area contributed by atoms with Crippen LogP contribution in [0, 0.1) is 30.6 Å². The maximum absolute atomic E-state index is 2.61. The van der Waals surface area contributed by atoms with Crippen LogP contribution in [0.1, 0.15) is 48.8 Å². The first kappa shape index (κ1) is 37.8. The number of para-hydroxylation sites is 2. The van der Waals surface area contributed by atoms with Gasteiger partial charge >= 0.3 is 0 Å². The van der Waals surface area contributed by atoms with Crippen LogP contribution in [0.15, 0.2) is 200 Å². The average molecular weight is 859 g/mol. The summed E-state index contributed by atoms with van der Waals surface area (Å²) in [6.45, 7) is 2.24. The summed E-state index contributed by atoms with van der Waals surface area (Å²) in [5.74, 6) is 3.24. The Morgan fingerprint density at radius 2 is 0.925 bits per heavy atom. The zero-order valence-corrected chi connectivity index (χ0v) is 37.8. The predicted molar refractivity (Wildman–Crippen MR) is 283 cm³/mol. The number of hydrogen-bond acceptors (Lipinski definition) is 2. The smallest absolute Gasteiger partial charge is 0.0543 e. The van der Waals surface area contributed by atoms with Crippen molar-refractivity contribution in [1.82, 2.24) is 0 Å². The number of anilines is 6. The van der Waals surface area contributed by atoms with E-state index < -0.39 is 0 Å². The lowest BCUT2D eigenvalue weighted by Crippen LogP contribution is -2.55. The SMILES string of the molecule is Cc1ccccc1N(c1ccc2c(ccc3ccccc32)c1)c1ccc2ccc3c(N(c4ccccc4)c4cccc5c4-c4ccccc4C54C5CC6CC(C5)CC4C6)ccc4ccc1c2c43. The fraction of sp³-hybridized carbons (Fsp3) is 0.169. The molecular formula is C65H50N2. The Bertz CT molecular complexity index is 3780. The van der Waals surface area contributed by atoms with Crippen LogP contribution in [0.4, 0.5) is 34.1 Å². The van der Waals surface area contributed by atoms with E-state index in [0.717, 1.165) is 17.5 Å². The van der Waals surface area contributed by atoms with Crippen molar-refractivity contribution in [2.75, 3.05) is 9.80 Å². The minimum atomic E-state index is 0.0958. The molecule has 5 aliphatic rings. The van der Waals surface area contributed by atoms with Crippen molar-refractivity contribution in [3.63, 3.8) is 0 Å². The number of rotatable bonds is 6. The lowest BCUT2D eigenvalue weighted by Gasteiger charge is -2.61. The molecule has 2 heteroatoms. The molecule has 0 unspecified atom stereocenters. The van der Waals surface area contributed by atoms with Gasteiger partial charge in [0, 0.05) is 38.8 Å². The number of benzene rings is 11. The van der Waals surface area contributed by atoms with Crippen LogP contribution in [0.25, 0.3) is 65.0 Å². The van der Waals surface area contributed by atoms with Crippen molar-refractivity contribution >= 4 is 88.0 Å². The van der Waals surface area contributed by atoms with E-state index in [1.165, 1.54) is 131 Å². The van der Waals surface area contributed by atoms with Crippen LogP contribution in [-0.2, 0) is 5.41 Å². The number of nitrogens with zero attached hydrogens (tertiary/aromatic N) is 2. The van der Waals surface area contributed by atoms with E-state index in [0.29, 0.717) is 11.8 Å². The molecule has 0 N–H and O–H groups in total. The number of fused-ring (bicyclic) bond motifs is 6. The first-order valence-corrected chi connectivity index (χ1v) is 24.7. The van der Waals surface area contributed by atoms with E-state index in [-0.39, 0.29) is 5.41 Å². The lowest BCUT2D eigenvalue weighted by atomic mass is 9.43. The summed E-state index contributed by atoms with van der Waals surface area (Å²) >= 11 is 0. The van der Waals surface area contributed by atoms with Gasteiger partial charge in [0.1, 0.15) is 0 Å². The molecule has 4 bridgehead atoms. The van der Waals surface area contributed by atoms with Crippen molar-refractivity contribution in [3.05, 3.63) is 217 Å². The van der Waals surface area contributed by atoms with E-state index in [9.17, 15) is 0 Å². The molecular weight excluding hydrogens is 809 g/mol. The zero-order valence-electron chi connectivity index (χ0n) is 37.8. The summed E-state index contributed by atoms with van der Waals surface area (Å²) in [5.41, 5.74) is 14.6. The van der Waals surface area contributed by atoms with Gasteiger partial charge in [0.25, 0.3) is 0 Å². The molecule has 0 aromatic heterocycles. The van der Waals surface area contributed by atoms with Crippen LogP contribution in [0.5, 0.6) is 0 Å². The summed E-state index contributed by atoms with van der Waals surface area (Å²) in [7, 11) is 0. The molecule has 2 nitrogen and oxygen atoms in total. The Hall–Kier alpha value is -7.42. The van der Waals surface area contributed by atoms with Gasteiger partial charge in [-0.15, -0.1) is 0 Å². The third-order valence-corrected chi connectivity index (χ3v) is 17.3. The maximum Gasteiger partial charge on any atom is 0.0543 e. The van der Waals surface area contributed by atoms with Crippen molar-refractivity contribution in [2.45, 2.75) is 44.4 Å². The standard InChI is InChI=1S/C65H50N2/c1-40-12-5-10-20-58(40)67(50-28-31-52-46(39-50)23-22-43-13-6-7-16-51(43)52)60-33-27-45-24-29-54-59(32-26-44-25-30-55(60)63(45)62(44)54)66(49-14-3-2-4-15-49)61-21-11-19-57-64(61)53-17-8-9-18-56(53)65(57)47-35-41-34-42(37-47)38-48(65)36-41/h2-33,39,41-42,47-48H,34-38H2,1H3. The number of hydrogen-bond donors (Lipinski definition) is 0. The highest BCUT2D eigenvalue weighted by molar-refractivity contribution is 6.28. The minimum Gasteiger partial charge on any atom is -0.310 e. The summed E-state index contributed by atoms with van der Waals surface area (Å²) < 4.78 is 0. The monoisotopic (exact) mass is 858 g/mol. The van der Waals surface area contributed by atoms with Crippen LogP contribution < -0.4 is 9.80 Å². The molecule has 0 atom stereocenters. The molecule has 67 heavy (non-hydrogen) atoms. The molecule has 11 aromatic rings. The Morgan fingerprint density at radius 3 is 1.67 bits per heavy atom. The highest BCUT2D eigenvalue weighted by Crippen LogP contribution is 2.70. The quantitative estimate of drug-likeness (QED) is 0.154. The molecule has 320 valence electrons. The highest BCUT2D eigenvalue weighted by Gasteiger charge is 2.62. The van der Waals surface area contributed by atoms with Crippen molar-refractivity contribution in [1.29, 1.82) is 0 Å². The van der Waals surface area contributed by atoms with Gasteiger partial charge < -0.3 is 9.80 Å². The molecule has 0 heterocycles. The third-order valence-electron chi connectivity index (χ3n) is 17.3. The predicted octanol–water partition coefficient (Wildman–Crippen LogP) is 17.9. The lowest BCUT2D eigenvalue weighted by molar-refractivity contribution is -0.0399. The van der Waals surface area contributed by atoms with Crippen LogP contribution in [0.3, 0.4) is 0 Å². The molecule has 0 aliphatic heterocycles. The van der Waals surface area contributed by atoms with Gasteiger partial charge in [-0.3, -0.25) is 0 Å². The summed E-state index contributed by atoms with van der Waals surface area (Å²) in [5, 5.41) is 12.7. The maximum atomic E-state index is 2.61.